The van der Waals surface area contributed by atoms with Crippen molar-refractivity contribution in [3.8, 4) is 0 Å². The van der Waals surface area contributed by atoms with Gasteiger partial charge in [0.1, 0.15) is 0 Å². The summed E-state index contributed by atoms with van der Waals surface area (Å²) in [6.07, 6.45) is 2.29. The SMILES string of the molecule is CC(C)CCc1csnn1. The molecule has 1 rings (SSSR count). The van der Waals surface area contributed by atoms with Crippen molar-refractivity contribution >= 4 is 11.5 Å². The molecule has 0 N–H and O–H groups in total. The van der Waals surface area contributed by atoms with Crippen molar-refractivity contribution in [3.63, 3.8) is 0 Å². The van der Waals surface area contributed by atoms with Crippen molar-refractivity contribution in [2.75, 3.05) is 0 Å². The van der Waals surface area contributed by atoms with Gasteiger partial charge < -0.3 is 0 Å². The Bertz CT molecular complexity index is 170. The summed E-state index contributed by atoms with van der Waals surface area (Å²) in [5.74, 6) is 0.765. The van der Waals surface area contributed by atoms with Crippen molar-refractivity contribution in [2.24, 2.45) is 5.92 Å². The molecular weight excluding hydrogens is 144 g/mol. The maximum absolute atomic E-state index is 3.96. The molecule has 1 aromatic heterocycles. The molecule has 2 nitrogen and oxygen atoms in total. The minimum absolute atomic E-state index is 0.765. The van der Waals surface area contributed by atoms with Gasteiger partial charge in [-0.2, -0.15) is 0 Å². The van der Waals surface area contributed by atoms with Crippen LogP contribution < -0.4 is 0 Å². The highest BCUT2D eigenvalue weighted by atomic mass is 32.1. The van der Waals surface area contributed by atoms with Gasteiger partial charge in [-0.25, -0.2) is 0 Å². The first-order chi connectivity index (χ1) is 4.79. The van der Waals surface area contributed by atoms with Crippen LogP contribution in [-0.4, -0.2) is 9.59 Å². The zero-order chi connectivity index (χ0) is 7.40. The topological polar surface area (TPSA) is 25.8 Å². The van der Waals surface area contributed by atoms with E-state index in [0.717, 1.165) is 18.0 Å². The molecule has 0 unspecified atom stereocenters. The lowest BCUT2D eigenvalue weighted by Gasteiger charge is -1.99. The number of rotatable bonds is 3. The van der Waals surface area contributed by atoms with E-state index < -0.39 is 0 Å². The summed E-state index contributed by atoms with van der Waals surface area (Å²) in [7, 11) is 0. The van der Waals surface area contributed by atoms with Crippen LogP contribution in [0.25, 0.3) is 0 Å². The molecule has 0 aliphatic rings. The molecule has 0 radical (unpaired) electrons. The minimum Gasteiger partial charge on any atom is -0.143 e. The van der Waals surface area contributed by atoms with E-state index in [0.29, 0.717) is 0 Å². The van der Waals surface area contributed by atoms with E-state index in [1.54, 1.807) is 0 Å². The Morgan fingerprint density at radius 3 is 2.90 bits per heavy atom. The van der Waals surface area contributed by atoms with Crippen LogP contribution in [0.2, 0.25) is 0 Å². The lowest BCUT2D eigenvalue weighted by atomic mass is 10.1. The molecule has 0 atom stereocenters. The van der Waals surface area contributed by atoms with E-state index in [-0.39, 0.29) is 0 Å². The van der Waals surface area contributed by atoms with Crippen molar-refractivity contribution in [1.82, 2.24) is 9.59 Å². The minimum atomic E-state index is 0.765. The molecule has 0 fully saturated rings. The standard InChI is InChI=1S/C7H12N2S/c1-6(2)3-4-7-5-10-9-8-7/h5-6H,3-4H2,1-2H3. The summed E-state index contributed by atoms with van der Waals surface area (Å²) in [6.45, 7) is 4.44. The first-order valence-electron chi connectivity index (χ1n) is 3.55. The van der Waals surface area contributed by atoms with Crippen molar-refractivity contribution in [2.45, 2.75) is 26.7 Å². The fourth-order valence-corrected chi connectivity index (χ4v) is 1.22. The summed E-state index contributed by atoms with van der Waals surface area (Å²) in [5.41, 5.74) is 1.14. The van der Waals surface area contributed by atoms with Gasteiger partial charge in [0.2, 0.25) is 0 Å². The molecule has 10 heavy (non-hydrogen) atoms. The van der Waals surface area contributed by atoms with Gasteiger partial charge in [0.15, 0.2) is 0 Å². The largest absolute Gasteiger partial charge is 0.143 e. The Balaban J connectivity index is 2.28. The van der Waals surface area contributed by atoms with Gasteiger partial charge in [0.05, 0.1) is 5.69 Å². The highest BCUT2D eigenvalue weighted by molar-refractivity contribution is 7.03. The molecule has 0 spiro atoms. The molecule has 0 bridgehead atoms. The van der Waals surface area contributed by atoms with Crippen LogP contribution in [0.3, 0.4) is 0 Å². The van der Waals surface area contributed by atoms with Crippen LogP contribution >= 0.6 is 11.5 Å². The summed E-state index contributed by atoms with van der Waals surface area (Å²) >= 11 is 1.43. The van der Waals surface area contributed by atoms with E-state index in [1.165, 1.54) is 18.0 Å². The molecular formula is C7H12N2S. The quantitative estimate of drug-likeness (QED) is 0.670. The van der Waals surface area contributed by atoms with E-state index in [1.807, 2.05) is 5.38 Å². The first kappa shape index (κ1) is 7.66. The highest BCUT2D eigenvalue weighted by Crippen LogP contribution is 2.06. The Labute approximate surface area is 65.4 Å². The van der Waals surface area contributed by atoms with Gasteiger partial charge in [-0.3, -0.25) is 0 Å². The smallest absolute Gasteiger partial charge is 0.0755 e. The number of aromatic nitrogens is 2. The average Bonchev–Trinajstić information content (AvgIpc) is 2.34. The van der Waals surface area contributed by atoms with Gasteiger partial charge in [0.25, 0.3) is 0 Å². The second kappa shape index (κ2) is 3.66. The third-order valence-corrected chi connectivity index (χ3v) is 1.94. The van der Waals surface area contributed by atoms with Crippen molar-refractivity contribution < 1.29 is 0 Å². The second-order valence-corrected chi connectivity index (χ2v) is 3.44. The normalized spacial score (nSPS) is 10.7. The van der Waals surface area contributed by atoms with Crippen LogP contribution in [0.5, 0.6) is 0 Å². The highest BCUT2D eigenvalue weighted by Gasteiger charge is 1.97. The van der Waals surface area contributed by atoms with Gasteiger partial charge in [-0.05, 0) is 30.3 Å². The number of hydrogen-bond acceptors (Lipinski definition) is 3. The maximum Gasteiger partial charge on any atom is 0.0755 e. The Morgan fingerprint density at radius 2 is 2.40 bits per heavy atom. The number of hydrogen-bond donors (Lipinski definition) is 0. The molecule has 0 saturated heterocycles. The molecule has 0 amide bonds. The fourth-order valence-electron chi connectivity index (χ4n) is 0.729. The van der Waals surface area contributed by atoms with E-state index >= 15 is 0 Å². The molecule has 1 heterocycles. The zero-order valence-electron chi connectivity index (χ0n) is 6.37. The molecule has 0 saturated carbocycles. The second-order valence-electron chi connectivity index (χ2n) is 2.83. The summed E-state index contributed by atoms with van der Waals surface area (Å²) in [5, 5.41) is 5.97. The molecule has 56 valence electrons. The lowest BCUT2D eigenvalue weighted by Crippen LogP contribution is -1.91. The van der Waals surface area contributed by atoms with Crippen LogP contribution in [0, 0.1) is 5.92 Å². The zero-order valence-corrected chi connectivity index (χ0v) is 7.19. The van der Waals surface area contributed by atoms with E-state index in [9.17, 15) is 0 Å². The van der Waals surface area contributed by atoms with E-state index in [2.05, 4.69) is 23.4 Å². The summed E-state index contributed by atoms with van der Waals surface area (Å²) < 4.78 is 3.79. The van der Waals surface area contributed by atoms with Gasteiger partial charge in [-0.1, -0.05) is 18.3 Å². The third kappa shape index (κ3) is 2.43. The lowest BCUT2D eigenvalue weighted by molar-refractivity contribution is 0.581. The maximum atomic E-state index is 3.96. The predicted octanol–water partition coefficient (Wildman–Crippen LogP) is 2.13. The Kier molecular flexibility index (Phi) is 2.81. The number of nitrogens with zero attached hydrogens (tertiary/aromatic N) is 2. The fraction of sp³-hybridized carbons (Fsp3) is 0.714. The predicted molar refractivity (Wildman–Crippen MR) is 43.1 cm³/mol. The molecule has 1 aromatic rings. The van der Waals surface area contributed by atoms with Crippen LogP contribution in [-0.2, 0) is 6.42 Å². The Morgan fingerprint density at radius 1 is 1.60 bits per heavy atom. The summed E-state index contributed by atoms with van der Waals surface area (Å²) in [6, 6.07) is 0. The van der Waals surface area contributed by atoms with Crippen LogP contribution in [0.4, 0.5) is 0 Å². The first-order valence-corrected chi connectivity index (χ1v) is 4.38. The molecule has 0 aliphatic carbocycles. The van der Waals surface area contributed by atoms with Gasteiger partial charge >= 0.3 is 0 Å². The molecule has 0 aliphatic heterocycles. The van der Waals surface area contributed by atoms with E-state index in [4.69, 9.17) is 0 Å². The van der Waals surface area contributed by atoms with Crippen molar-refractivity contribution in [1.29, 1.82) is 0 Å². The van der Waals surface area contributed by atoms with Crippen LogP contribution in [0.15, 0.2) is 5.38 Å². The van der Waals surface area contributed by atoms with Crippen LogP contribution in [0.1, 0.15) is 26.0 Å². The average molecular weight is 156 g/mol. The molecule has 3 heteroatoms. The third-order valence-electron chi connectivity index (χ3n) is 1.38. The Hall–Kier alpha value is -0.440. The molecule has 0 aromatic carbocycles. The van der Waals surface area contributed by atoms with Crippen molar-refractivity contribution in [3.05, 3.63) is 11.1 Å². The monoisotopic (exact) mass is 156 g/mol. The summed E-state index contributed by atoms with van der Waals surface area (Å²) in [4.78, 5) is 0. The van der Waals surface area contributed by atoms with Gasteiger partial charge in [-0.15, -0.1) is 5.10 Å². The number of aryl methyl sites for hydroxylation is 1. The van der Waals surface area contributed by atoms with Gasteiger partial charge in [0, 0.05) is 5.38 Å².